The van der Waals surface area contributed by atoms with Gasteiger partial charge in [-0.15, -0.1) is 0 Å². The van der Waals surface area contributed by atoms with Crippen molar-refractivity contribution in [1.29, 1.82) is 0 Å². The Bertz CT molecular complexity index is 909. The molecule has 3 rings (SSSR count). The molecular formula is C20H21BrN2O4. The zero-order valence-corrected chi connectivity index (χ0v) is 17.0. The molecule has 2 aromatic carbocycles. The summed E-state index contributed by atoms with van der Waals surface area (Å²) in [5.41, 5.74) is 8.63. The van der Waals surface area contributed by atoms with E-state index in [-0.39, 0.29) is 5.78 Å². The van der Waals surface area contributed by atoms with E-state index in [4.69, 9.17) is 19.9 Å². The van der Waals surface area contributed by atoms with E-state index in [1.54, 1.807) is 37.5 Å². The molecule has 0 saturated carbocycles. The van der Waals surface area contributed by atoms with Crippen LogP contribution in [0.4, 0.5) is 11.4 Å². The number of Topliss-reactive ketones (excluding diaryl/α,β-unsaturated/α-hetero) is 1. The van der Waals surface area contributed by atoms with Crippen molar-refractivity contribution in [1.82, 2.24) is 0 Å². The average molecular weight is 433 g/mol. The topological polar surface area (TPSA) is 74.0 Å². The molecular weight excluding hydrogens is 412 g/mol. The lowest BCUT2D eigenvalue weighted by atomic mass is 10.1. The lowest BCUT2D eigenvalue weighted by Gasteiger charge is -2.21. The summed E-state index contributed by atoms with van der Waals surface area (Å²) < 4.78 is 17.1. The smallest absolute Gasteiger partial charge is 0.204 e. The molecule has 0 aromatic heterocycles. The van der Waals surface area contributed by atoms with Crippen molar-refractivity contribution in [2.75, 3.05) is 45.1 Å². The van der Waals surface area contributed by atoms with Crippen LogP contribution in [0.2, 0.25) is 0 Å². The highest BCUT2D eigenvalue weighted by Gasteiger charge is 2.20. The van der Waals surface area contributed by atoms with Gasteiger partial charge in [0, 0.05) is 25.2 Å². The Kier molecular flexibility index (Phi) is 5.60. The van der Waals surface area contributed by atoms with Crippen molar-refractivity contribution in [3.05, 3.63) is 45.9 Å². The lowest BCUT2D eigenvalue weighted by Crippen LogP contribution is -2.16. The zero-order valence-electron chi connectivity index (χ0n) is 15.4. The normalized spacial score (nSPS) is 13.3. The number of allylic oxidation sites excluding steroid dienone is 1. The Morgan fingerprint density at radius 1 is 1.22 bits per heavy atom. The maximum Gasteiger partial charge on any atom is 0.204 e. The number of nitrogen functional groups attached to an aromatic ring is 1. The van der Waals surface area contributed by atoms with Crippen molar-refractivity contribution < 1.29 is 19.0 Å². The van der Waals surface area contributed by atoms with E-state index in [9.17, 15) is 4.79 Å². The number of hydrogen-bond donors (Lipinski definition) is 1. The highest BCUT2D eigenvalue weighted by atomic mass is 79.9. The number of methoxy groups -OCH3 is 1. The number of carbonyl (C=O) groups is 1. The van der Waals surface area contributed by atoms with Crippen molar-refractivity contribution in [2.24, 2.45) is 0 Å². The van der Waals surface area contributed by atoms with Gasteiger partial charge < -0.3 is 24.8 Å². The second kappa shape index (κ2) is 7.92. The van der Waals surface area contributed by atoms with Gasteiger partial charge in [-0.3, -0.25) is 4.79 Å². The number of halogens is 1. The zero-order chi connectivity index (χ0) is 19.6. The molecule has 0 atom stereocenters. The van der Waals surface area contributed by atoms with E-state index < -0.39 is 0 Å². The average Bonchev–Trinajstić information content (AvgIpc) is 2.67. The van der Waals surface area contributed by atoms with Crippen molar-refractivity contribution >= 4 is 39.2 Å². The summed E-state index contributed by atoms with van der Waals surface area (Å²) in [7, 11) is 5.32. The number of ketones is 1. The Labute approximate surface area is 166 Å². The molecule has 0 radical (unpaired) electrons. The summed E-state index contributed by atoms with van der Waals surface area (Å²) in [5, 5.41) is 0. The van der Waals surface area contributed by atoms with Gasteiger partial charge in [0.05, 0.1) is 23.0 Å². The molecule has 142 valence electrons. The lowest BCUT2D eigenvalue weighted by molar-refractivity contribution is 0.104. The van der Waals surface area contributed by atoms with Crippen LogP contribution in [0.5, 0.6) is 17.2 Å². The molecule has 1 aliphatic rings. The fourth-order valence-corrected chi connectivity index (χ4v) is 3.32. The number of benzene rings is 2. The standard InChI is InChI=1S/C20H21BrN2O4/c1-23(2)16-11-12(4-6-15(16)22)18(24)14(21)10-13-5-7-17-20(19(13)25-3)27-9-8-26-17/h4-7,10-11H,8-9,22H2,1-3H3. The fourth-order valence-electron chi connectivity index (χ4n) is 2.84. The summed E-state index contributed by atoms with van der Waals surface area (Å²) in [6.45, 7) is 0.953. The molecule has 27 heavy (non-hydrogen) atoms. The summed E-state index contributed by atoms with van der Waals surface area (Å²) in [5.74, 6) is 1.55. The molecule has 0 unspecified atom stereocenters. The molecule has 2 N–H and O–H groups in total. The van der Waals surface area contributed by atoms with Crippen LogP contribution in [0.1, 0.15) is 15.9 Å². The molecule has 0 amide bonds. The number of hydrogen-bond acceptors (Lipinski definition) is 6. The van der Waals surface area contributed by atoms with Gasteiger partial charge in [-0.2, -0.15) is 0 Å². The van der Waals surface area contributed by atoms with Gasteiger partial charge in [-0.05, 0) is 52.3 Å². The second-order valence-electron chi connectivity index (χ2n) is 6.20. The van der Waals surface area contributed by atoms with Crippen LogP contribution < -0.4 is 24.8 Å². The van der Waals surface area contributed by atoms with Crippen LogP contribution in [0.25, 0.3) is 6.08 Å². The highest BCUT2D eigenvalue weighted by molar-refractivity contribution is 9.12. The summed E-state index contributed by atoms with van der Waals surface area (Å²) in [6, 6.07) is 8.85. The molecule has 2 aromatic rings. The Balaban J connectivity index is 1.96. The van der Waals surface area contributed by atoms with Crippen LogP contribution in [0, 0.1) is 0 Å². The molecule has 0 fully saturated rings. The number of nitrogens with zero attached hydrogens (tertiary/aromatic N) is 1. The van der Waals surface area contributed by atoms with Crippen molar-refractivity contribution in [3.8, 4) is 17.2 Å². The van der Waals surface area contributed by atoms with Gasteiger partial charge in [-0.25, -0.2) is 0 Å². The third kappa shape index (κ3) is 3.88. The minimum absolute atomic E-state index is 0.157. The van der Waals surface area contributed by atoms with E-state index >= 15 is 0 Å². The predicted molar refractivity (Wildman–Crippen MR) is 110 cm³/mol. The highest BCUT2D eigenvalue weighted by Crippen LogP contribution is 2.42. The van der Waals surface area contributed by atoms with Gasteiger partial charge >= 0.3 is 0 Å². The van der Waals surface area contributed by atoms with Crippen LogP contribution in [-0.2, 0) is 0 Å². The van der Waals surface area contributed by atoms with Crippen LogP contribution in [0.15, 0.2) is 34.8 Å². The molecule has 0 aliphatic carbocycles. The fraction of sp³-hybridized carbons (Fsp3) is 0.250. The number of fused-ring (bicyclic) bond motifs is 1. The largest absolute Gasteiger partial charge is 0.492 e. The minimum Gasteiger partial charge on any atom is -0.492 e. The maximum atomic E-state index is 12.9. The van der Waals surface area contributed by atoms with Crippen molar-refractivity contribution in [2.45, 2.75) is 0 Å². The van der Waals surface area contributed by atoms with Gasteiger partial charge in [0.15, 0.2) is 17.3 Å². The Morgan fingerprint density at radius 3 is 2.67 bits per heavy atom. The van der Waals surface area contributed by atoms with Gasteiger partial charge in [0.25, 0.3) is 0 Å². The number of anilines is 2. The van der Waals surface area contributed by atoms with E-state index in [1.807, 2.05) is 25.1 Å². The van der Waals surface area contributed by atoms with Crippen LogP contribution in [-0.4, -0.2) is 40.2 Å². The SMILES string of the molecule is COc1c(C=C(Br)C(=O)c2ccc(N)c(N(C)C)c2)ccc2c1OCCO2. The molecule has 1 heterocycles. The molecule has 0 saturated heterocycles. The maximum absolute atomic E-state index is 12.9. The number of ether oxygens (including phenoxy) is 3. The van der Waals surface area contributed by atoms with E-state index in [1.165, 1.54) is 0 Å². The molecule has 6 nitrogen and oxygen atoms in total. The molecule has 0 spiro atoms. The molecule has 1 aliphatic heterocycles. The number of nitrogens with two attached hydrogens (primary N) is 1. The minimum atomic E-state index is -0.157. The van der Waals surface area contributed by atoms with Crippen molar-refractivity contribution in [3.63, 3.8) is 0 Å². The van der Waals surface area contributed by atoms with Gasteiger partial charge in [0.2, 0.25) is 5.75 Å². The van der Waals surface area contributed by atoms with Crippen LogP contribution >= 0.6 is 15.9 Å². The third-order valence-corrected chi connectivity index (χ3v) is 4.76. The van der Waals surface area contributed by atoms with Gasteiger partial charge in [0.1, 0.15) is 13.2 Å². The molecule has 0 bridgehead atoms. The van der Waals surface area contributed by atoms with Crippen LogP contribution in [0.3, 0.4) is 0 Å². The van der Waals surface area contributed by atoms with E-state index in [2.05, 4.69) is 15.9 Å². The monoisotopic (exact) mass is 432 g/mol. The first-order chi connectivity index (χ1) is 12.9. The Morgan fingerprint density at radius 2 is 1.96 bits per heavy atom. The molecule has 7 heteroatoms. The summed E-state index contributed by atoms with van der Waals surface area (Å²) >= 11 is 3.40. The number of rotatable bonds is 5. The van der Waals surface area contributed by atoms with E-state index in [0.717, 1.165) is 5.69 Å². The Hall–Kier alpha value is -2.67. The van der Waals surface area contributed by atoms with Gasteiger partial charge in [-0.1, -0.05) is 0 Å². The first kappa shape index (κ1) is 19.1. The predicted octanol–water partition coefficient (Wildman–Crippen LogP) is 3.73. The quantitative estimate of drug-likeness (QED) is 0.440. The van der Waals surface area contributed by atoms with E-state index in [0.29, 0.717) is 51.8 Å². The first-order valence-electron chi connectivity index (χ1n) is 8.37. The third-order valence-electron chi connectivity index (χ3n) is 4.17. The summed E-state index contributed by atoms with van der Waals surface area (Å²) in [4.78, 5) is 14.7. The first-order valence-corrected chi connectivity index (χ1v) is 9.17. The number of carbonyl (C=O) groups excluding carboxylic acids is 1. The second-order valence-corrected chi connectivity index (χ2v) is 7.06. The summed E-state index contributed by atoms with van der Waals surface area (Å²) in [6.07, 6.45) is 1.71.